The van der Waals surface area contributed by atoms with Crippen molar-refractivity contribution in [1.82, 2.24) is 4.90 Å². The van der Waals surface area contributed by atoms with Gasteiger partial charge >= 0.3 is 0 Å². The van der Waals surface area contributed by atoms with Crippen LogP contribution in [-0.2, 0) is 13.2 Å². The predicted molar refractivity (Wildman–Crippen MR) is 104 cm³/mol. The molecule has 3 aromatic rings. The molecule has 3 rings (SSSR count). The first kappa shape index (κ1) is 19.1. The fourth-order valence-corrected chi connectivity index (χ4v) is 2.81. The Balaban J connectivity index is 1.69. The normalized spacial score (nSPS) is 10.2. The standard InChI is InChI=1S/C23H19FN2O2/c1-26(15-19-8-4-5-12-22(19)24)23(27)17-10-6-11-21(13-17)28-16-20-9-3-2-7-18(20)14-25/h2-13H,15-16H2,1H3. The van der Waals surface area contributed by atoms with Gasteiger partial charge in [0.25, 0.3) is 5.91 Å². The Morgan fingerprint density at radius 3 is 2.50 bits per heavy atom. The van der Waals surface area contributed by atoms with Crippen molar-refractivity contribution in [2.45, 2.75) is 13.2 Å². The van der Waals surface area contributed by atoms with Gasteiger partial charge in [-0.15, -0.1) is 0 Å². The maximum atomic E-state index is 13.8. The summed E-state index contributed by atoms with van der Waals surface area (Å²) in [6.45, 7) is 0.401. The minimum atomic E-state index is -0.338. The van der Waals surface area contributed by atoms with Gasteiger partial charge in [-0.1, -0.05) is 42.5 Å². The Labute approximate surface area is 163 Å². The Bertz CT molecular complexity index is 1030. The number of hydrogen-bond acceptors (Lipinski definition) is 3. The van der Waals surface area contributed by atoms with Crippen molar-refractivity contribution in [3.05, 3.63) is 101 Å². The number of nitrogens with zero attached hydrogens (tertiary/aromatic N) is 2. The third-order valence-corrected chi connectivity index (χ3v) is 4.33. The van der Waals surface area contributed by atoms with Crippen LogP contribution in [0.4, 0.5) is 4.39 Å². The number of carbonyl (C=O) groups excluding carboxylic acids is 1. The average molecular weight is 374 g/mol. The van der Waals surface area contributed by atoms with E-state index in [1.807, 2.05) is 12.1 Å². The monoisotopic (exact) mass is 374 g/mol. The van der Waals surface area contributed by atoms with E-state index < -0.39 is 0 Å². The maximum absolute atomic E-state index is 13.8. The smallest absolute Gasteiger partial charge is 0.254 e. The minimum Gasteiger partial charge on any atom is -0.489 e. The first-order valence-electron chi connectivity index (χ1n) is 8.78. The molecule has 0 spiro atoms. The highest BCUT2D eigenvalue weighted by atomic mass is 19.1. The second-order valence-corrected chi connectivity index (χ2v) is 6.34. The third kappa shape index (κ3) is 4.54. The van der Waals surface area contributed by atoms with E-state index in [4.69, 9.17) is 10.00 Å². The van der Waals surface area contributed by atoms with Gasteiger partial charge in [0.15, 0.2) is 0 Å². The zero-order chi connectivity index (χ0) is 19.9. The van der Waals surface area contributed by atoms with Crippen molar-refractivity contribution in [3.63, 3.8) is 0 Å². The molecule has 0 atom stereocenters. The first-order chi connectivity index (χ1) is 13.6. The lowest BCUT2D eigenvalue weighted by Gasteiger charge is -2.18. The molecule has 0 heterocycles. The largest absolute Gasteiger partial charge is 0.489 e. The quantitative estimate of drug-likeness (QED) is 0.636. The topological polar surface area (TPSA) is 53.3 Å². The molecule has 1 amide bonds. The summed E-state index contributed by atoms with van der Waals surface area (Å²) in [6, 6.07) is 22.6. The van der Waals surface area contributed by atoms with Crippen LogP contribution in [0.5, 0.6) is 5.75 Å². The highest BCUT2D eigenvalue weighted by Crippen LogP contribution is 2.18. The van der Waals surface area contributed by atoms with Crippen molar-refractivity contribution in [2.75, 3.05) is 7.05 Å². The molecule has 0 aliphatic rings. The SMILES string of the molecule is CN(Cc1ccccc1F)C(=O)c1cccc(OCc2ccccc2C#N)c1. The number of amides is 1. The molecule has 0 saturated heterocycles. The molecule has 0 saturated carbocycles. The van der Waals surface area contributed by atoms with Gasteiger partial charge in [0.1, 0.15) is 18.2 Å². The molecule has 28 heavy (non-hydrogen) atoms. The van der Waals surface area contributed by atoms with Gasteiger partial charge in [-0.25, -0.2) is 4.39 Å². The Kier molecular flexibility index (Phi) is 6.03. The molecule has 0 bridgehead atoms. The lowest BCUT2D eigenvalue weighted by atomic mass is 10.1. The molecule has 0 aliphatic carbocycles. The van der Waals surface area contributed by atoms with Crippen LogP contribution in [0.25, 0.3) is 0 Å². The summed E-state index contributed by atoms with van der Waals surface area (Å²) in [7, 11) is 1.63. The highest BCUT2D eigenvalue weighted by Gasteiger charge is 2.14. The second-order valence-electron chi connectivity index (χ2n) is 6.34. The van der Waals surface area contributed by atoms with Crippen LogP contribution in [-0.4, -0.2) is 17.9 Å². The summed E-state index contributed by atoms with van der Waals surface area (Å²) >= 11 is 0. The summed E-state index contributed by atoms with van der Waals surface area (Å²) in [5.41, 5.74) is 2.24. The van der Waals surface area contributed by atoms with Gasteiger partial charge in [0, 0.05) is 30.3 Å². The summed E-state index contributed by atoms with van der Waals surface area (Å²) < 4.78 is 19.6. The van der Waals surface area contributed by atoms with Crippen LogP contribution in [0.2, 0.25) is 0 Å². The van der Waals surface area contributed by atoms with Crippen LogP contribution in [0.1, 0.15) is 27.0 Å². The molecule has 0 aromatic heterocycles. The number of benzene rings is 3. The van der Waals surface area contributed by atoms with Crippen LogP contribution < -0.4 is 4.74 Å². The number of halogens is 1. The number of ether oxygens (including phenoxy) is 1. The fraction of sp³-hybridized carbons (Fsp3) is 0.130. The van der Waals surface area contributed by atoms with E-state index in [2.05, 4.69) is 6.07 Å². The second kappa shape index (κ2) is 8.83. The van der Waals surface area contributed by atoms with Crippen LogP contribution in [0.3, 0.4) is 0 Å². The Morgan fingerprint density at radius 2 is 1.75 bits per heavy atom. The predicted octanol–water partition coefficient (Wildman–Crippen LogP) is 4.55. The molecule has 0 aliphatic heterocycles. The Morgan fingerprint density at radius 1 is 1.04 bits per heavy atom. The fourth-order valence-electron chi connectivity index (χ4n) is 2.81. The van der Waals surface area contributed by atoms with Crippen molar-refractivity contribution in [3.8, 4) is 11.8 Å². The molecular formula is C23H19FN2O2. The summed E-state index contributed by atoms with van der Waals surface area (Å²) in [5.74, 6) is -0.0422. The number of nitriles is 1. The van der Waals surface area contributed by atoms with Gasteiger partial charge in [-0.3, -0.25) is 4.79 Å². The van der Waals surface area contributed by atoms with Crippen LogP contribution in [0.15, 0.2) is 72.8 Å². The molecular weight excluding hydrogens is 355 g/mol. The molecule has 0 fully saturated rings. The highest BCUT2D eigenvalue weighted by molar-refractivity contribution is 5.94. The third-order valence-electron chi connectivity index (χ3n) is 4.33. The lowest BCUT2D eigenvalue weighted by Crippen LogP contribution is -2.26. The van der Waals surface area contributed by atoms with E-state index in [1.165, 1.54) is 11.0 Å². The zero-order valence-electron chi connectivity index (χ0n) is 15.4. The lowest BCUT2D eigenvalue weighted by molar-refractivity contribution is 0.0783. The van der Waals surface area contributed by atoms with E-state index in [0.29, 0.717) is 22.4 Å². The molecule has 0 radical (unpaired) electrons. The van der Waals surface area contributed by atoms with Crippen LogP contribution in [0, 0.1) is 17.1 Å². The van der Waals surface area contributed by atoms with Gasteiger partial charge in [-0.2, -0.15) is 5.26 Å². The van der Waals surface area contributed by atoms with E-state index in [1.54, 1.807) is 61.6 Å². The summed E-state index contributed by atoms with van der Waals surface area (Å²) in [6.07, 6.45) is 0. The van der Waals surface area contributed by atoms with Gasteiger partial charge in [0.2, 0.25) is 0 Å². The minimum absolute atomic E-state index is 0.173. The van der Waals surface area contributed by atoms with E-state index >= 15 is 0 Å². The van der Waals surface area contributed by atoms with Gasteiger partial charge in [0.05, 0.1) is 11.6 Å². The average Bonchev–Trinajstić information content (AvgIpc) is 2.73. The van der Waals surface area contributed by atoms with E-state index in [9.17, 15) is 9.18 Å². The van der Waals surface area contributed by atoms with Crippen molar-refractivity contribution < 1.29 is 13.9 Å². The summed E-state index contributed by atoms with van der Waals surface area (Å²) in [5, 5.41) is 9.15. The number of carbonyl (C=O) groups is 1. The molecule has 5 heteroatoms. The zero-order valence-corrected chi connectivity index (χ0v) is 15.4. The van der Waals surface area contributed by atoms with Crippen LogP contribution >= 0.6 is 0 Å². The molecule has 0 N–H and O–H groups in total. The first-order valence-corrected chi connectivity index (χ1v) is 8.78. The maximum Gasteiger partial charge on any atom is 0.254 e. The van der Waals surface area contributed by atoms with E-state index in [-0.39, 0.29) is 24.9 Å². The number of hydrogen-bond donors (Lipinski definition) is 0. The molecule has 4 nitrogen and oxygen atoms in total. The van der Waals surface area contributed by atoms with Gasteiger partial charge < -0.3 is 9.64 Å². The van der Waals surface area contributed by atoms with Crippen molar-refractivity contribution in [2.24, 2.45) is 0 Å². The molecule has 140 valence electrons. The van der Waals surface area contributed by atoms with E-state index in [0.717, 1.165) is 5.56 Å². The molecule has 0 unspecified atom stereocenters. The Hall–Kier alpha value is -3.65. The molecule has 3 aromatic carbocycles. The van der Waals surface area contributed by atoms with Gasteiger partial charge in [-0.05, 0) is 30.3 Å². The summed E-state index contributed by atoms with van der Waals surface area (Å²) in [4.78, 5) is 14.2. The number of rotatable bonds is 6. The van der Waals surface area contributed by atoms with Crippen molar-refractivity contribution in [1.29, 1.82) is 5.26 Å². The van der Waals surface area contributed by atoms with Crippen molar-refractivity contribution >= 4 is 5.91 Å².